The Bertz CT molecular complexity index is 1330. The first-order valence-corrected chi connectivity index (χ1v) is 11.0. The SMILES string of the molecule is COc1ccc2c(C[C@@H](NC(=O)OCC3c4ccccc4-c4ccccc43)C(=O)O)c[nH]c2c1. The van der Waals surface area contributed by atoms with Crippen molar-refractivity contribution in [1.82, 2.24) is 10.3 Å². The number of methoxy groups -OCH3 is 1. The van der Waals surface area contributed by atoms with Crippen LogP contribution >= 0.6 is 0 Å². The minimum atomic E-state index is -1.13. The van der Waals surface area contributed by atoms with Crippen LogP contribution in [0.5, 0.6) is 5.75 Å². The number of amides is 1. The number of alkyl carbamates (subject to hydrolysis) is 1. The summed E-state index contributed by atoms with van der Waals surface area (Å²) in [5.74, 6) is -0.520. The molecule has 0 radical (unpaired) electrons. The summed E-state index contributed by atoms with van der Waals surface area (Å²) in [5, 5.41) is 13.1. The first kappa shape index (κ1) is 21.6. The molecule has 0 aliphatic heterocycles. The molecule has 7 heteroatoms. The third kappa shape index (κ3) is 3.96. The molecule has 34 heavy (non-hydrogen) atoms. The van der Waals surface area contributed by atoms with Crippen molar-refractivity contribution in [3.8, 4) is 16.9 Å². The van der Waals surface area contributed by atoms with Crippen LogP contribution in [0.2, 0.25) is 0 Å². The normalized spacial score (nSPS) is 13.2. The Balaban J connectivity index is 1.28. The highest BCUT2D eigenvalue weighted by atomic mass is 16.5. The van der Waals surface area contributed by atoms with Gasteiger partial charge in [0.15, 0.2) is 0 Å². The second-order valence-electron chi connectivity index (χ2n) is 8.29. The summed E-state index contributed by atoms with van der Waals surface area (Å²) in [6.45, 7) is 0.124. The van der Waals surface area contributed by atoms with Gasteiger partial charge in [0.2, 0.25) is 0 Å². The Hall–Kier alpha value is -4.26. The summed E-state index contributed by atoms with van der Waals surface area (Å²) >= 11 is 0. The fraction of sp³-hybridized carbons (Fsp3) is 0.185. The Morgan fingerprint density at radius 1 is 1.03 bits per heavy atom. The van der Waals surface area contributed by atoms with E-state index in [0.29, 0.717) is 5.75 Å². The van der Waals surface area contributed by atoms with Crippen molar-refractivity contribution in [1.29, 1.82) is 0 Å². The number of H-pyrrole nitrogens is 1. The molecule has 4 aromatic rings. The van der Waals surface area contributed by atoms with Crippen LogP contribution in [0.3, 0.4) is 0 Å². The number of carbonyl (C=O) groups excluding carboxylic acids is 1. The zero-order valence-corrected chi connectivity index (χ0v) is 18.6. The summed E-state index contributed by atoms with van der Waals surface area (Å²) < 4.78 is 10.7. The molecule has 1 aliphatic carbocycles. The maximum Gasteiger partial charge on any atom is 0.407 e. The van der Waals surface area contributed by atoms with E-state index >= 15 is 0 Å². The van der Waals surface area contributed by atoms with Gasteiger partial charge >= 0.3 is 12.1 Å². The van der Waals surface area contributed by atoms with Crippen molar-refractivity contribution in [3.05, 3.63) is 89.6 Å². The summed E-state index contributed by atoms with van der Waals surface area (Å²) in [4.78, 5) is 27.6. The first-order chi connectivity index (χ1) is 16.5. The number of fused-ring (bicyclic) bond motifs is 4. The number of aromatic nitrogens is 1. The number of carbonyl (C=O) groups is 2. The summed E-state index contributed by atoms with van der Waals surface area (Å²) in [6, 6.07) is 20.5. The molecule has 0 saturated carbocycles. The Morgan fingerprint density at radius 2 is 1.71 bits per heavy atom. The van der Waals surface area contributed by atoms with Gasteiger partial charge in [0.1, 0.15) is 18.4 Å². The van der Waals surface area contributed by atoms with Crippen LogP contribution in [0.15, 0.2) is 72.9 Å². The molecule has 1 amide bonds. The highest BCUT2D eigenvalue weighted by Gasteiger charge is 2.30. The first-order valence-electron chi connectivity index (χ1n) is 11.0. The lowest BCUT2D eigenvalue weighted by molar-refractivity contribution is -0.139. The van der Waals surface area contributed by atoms with Crippen molar-refractivity contribution in [2.75, 3.05) is 13.7 Å². The van der Waals surface area contributed by atoms with Crippen LogP contribution < -0.4 is 10.1 Å². The third-order valence-electron chi connectivity index (χ3n) is 6.33. The molecule has 3 aromatic carbocycles. The lowest BCUT2D eigenvalue weighted by atomic mass is 9.98. The Morgan fingerprint density at radius 3 is 2.35 bits per heavy atom. The van der Waals surface area contributed by atoms with E-state index < -0.39 is 18.1 Å². The number of ether oxygens (including phenoxy) is 2. The number of hydrogen-bond acceptors (Lipinski definition) is 4. The minimum absolute atomic E-state index is 0.0926. The molecule has 172 valence electrons. The van der Waals surface area contributed by atoms with Crippen molar-refractivity contribution in [3.63, 3.8) is 0 Å². The lowest BCUT2D eigenvalue weighted by Gasteiger charge is -2.17. The van der Waals surface area contributed by atoms with Gasteiger partial charge < -0.3 is 24.9 Å². The van der Waals surface area contributed by atoms with E-state index in [-0.39, 0.29) is 18.9 Å². The van der Waals surface area contributed by atoms with Gasteiger partial charge in [-0.15, -0.1) is 0 Å². The molecule has 1 aliphatic rings. The summed E-state index contributed by atoms with van der Waals surface area (Å²) in [5.41, 5.74) is 6.07. The average Bonchev–Trinajstić information content (AvgIpc) is 3.40. The molecule has 0 bridgehead atoms. The van der Waals surface area contributed by atoms with Crippen molar-refractivity contribution >= 4 is 23.0 Å². The number of carboxylic acids is 1. The molecule has 3 N–H and O–H groups in total. The highest BCUT2D eigenvalue weighted by molar-refractivity contribution is 5.86. The highest BCUT2D eigenvalue weighted by Crippen LogP contribution is 2.44. The van der Waals surface area contributed by atoms with Gasteiger partial charge in [0.05, 0.1) is 7.11 Å². The summed E-state index contributed by atoms with van der Waals surface area (Å²) in [7, 11) is 1.59. The maximum atomic E-state index is 12.6. The molecule has 0 saturated heterocycles. The number of benzene rings is 3. The molecule has 1 heterocycles. The van der Waals surface area contributed by atoms with Gasteiger partial charge in [-0.3, -0.25) is 0 Å². The monoisotopic (exact) mass is 456 g/mol. The zero-order chi connectivity index (χ0) is 23.7. The van der Waals surface area contributed by atoms with E-state index in [1.54, 1.807) is 13.3 Å². The van der Waals surface area contributed by atoms with Crippen molar-refractivity contribution < 1.29 is 24.2 Å². The smallest absolute Gasteiger partial charge is 0.407 e. The maximum absolute atomic E-state index is 12.6. The number of hydrogen-bond donors (Lipinski definition) is 3. The van der Waals surface area contributed by atoms with Crippen LogP contribution in [0.25, 0.3) is 22.0 Å². The van der Waals surface area contributed by atoms with E-state index in [1.165, 1.54) is 0 Å². The zero-order valence-electron chi connectivity index (χ0n) is 18.6. The summed E-state index contributed by atoms with van der Waals surface area (Å²) in [6.07, 6.45) is 1.11. The molecule has 5 rings (SSSR count). The Kier molecular flexibility index (Phi) is 5.67. The van der Waals surface area contributed by atoms with Crippen molar-refractivity contribution in [2.45, 2.75) is 18.4 Å². The quantitative estimate of drug-likeness (QED) is 0.374. The number of aromatic amines is 1. The van der Waals surface area contributed by atoms with Crippen LogP contribution in [0.1, 0.15) is 22.6 Å². The van der Waals surface area contributed by atoms with E-state index in [9.17, 15) is 14.7 Å². The van der Waals surface area contributed by atoms with E-state index in [2.05, 4.69) is 22.4 Å². The van der Waals surface area contributed by atoms with Crippen LogP contribution in [-0.4, -0.2) is 41.9 Å². The van der Waals surface area contributed by atoms with E-state index in [1.807, 2.05) is 54.6 Å². The molecule has 7 nitrogen and oxygen atoms in total. The van der Waals surface area contributed by atoms with Crippen molar-refractivity contribution in [2.24, 2.45) is 0 Å². The molecule has 1 aromatic heterocycles. The average molecular weight is 456 g/mol. The van der Waals surface area contributed by atoms with Gasteiger partial charge in [-0.25, -0.2) is 9.59 Å². The number of rotatable bonds is 7. The molecule has 0 spiro atoms. The fourth-order valence-corrected chi connectivity index (χ4v) is 4.66. The van der Waals surface area contributed by atoms with Crippen LogP contribution in [-0.2, 0) is 16.0 Å². The van der Waals surface area contributed by atoms with Gasteiger partial charge in [-0.05, 0) is 39.9 Å². The lowest BCUT2D eigenvalue weighted by Crippen LogP contribution is -2.42. The molecule has 1 atom stereocenters. The van der Waals surface area contributed by atoms with E-state index in [0.717, 1.165) is 38.7 Å². The Labute approximate surface area is 196 Å². The second-order valence-corrected chi connectivity index (χ2v) is 8.29. The topological polar surface area (TPSA) is 101 Å². The van der Waals surface area contributed by atoms with Crippen LogP contribution in [0, 0.1) is 0 Å². The second kappa shape index (κ2) is 8.94. The number of nitrogens with one attached hydrogen (secondary N) is 2. The third-order valence-corrected chi connectivity index (χ3v) is 6.33. The minimum Gasteiger partial charge on any atom is -0.497 e. The van der Waals surface area contributed by atoms with Crippen LogP contribution in [0.4, 0.5) is 4.79 Å². The largest absolute Gasteiger partial charge is 0.497 e. The van der Waals surface area contributed by atoms with Gasteiger partial charge in [0.25, 0.3) is 0 Å². The van der Waals surface area contributed by atoms with Gasteiger partial charge in [-0.2, -0.15) is 0 Å². The molecular weight excluding hydrogens is 432 g/mol. The standard InChI is InChI=1S/C27H24N2O5/c1-33-17-10-11-18-16(14-28-24(18)13-17)12-25(26(30)31)29-27(32)34-15-23-21-8-4-2-6-19(21)20-7-3-5-9-22(20)23/h2-11,13-14,23,25,28H,12,15H2,1H3,(H,29,32)(H,30,31)/t25-/m1/s1. The van der Waals surface area contributed by atoms with E-state index in [4.69, 9.17) is 9.47 Å². The predicted molar refractivity (Wildman–Crippen MR) is 128 cm³/mol. The van der Waals surface area contributed by atoms with Gasteiger partial charge in [0, 0.05) is 35.5 Å². The number of aliphatic carboxylic acids is 1. The van der Waals surface area contributed by atoms with Gasteiger partial charge in [-0.1, -0.05) is 48.5 Å². The fourth-order valence-electron chi connectivity index (χ4n) is 4.66. The molecule has 0 unspecified atom stereocenters. The molecule has 0 fully saturated rings. The predicted octanol–water partition coefficient (Wildman–Crippen LogP) is 4.71. The number of carboxylic acid groups (broad SMARTS) is 1. The molecular formula is C27H24N2O5.